The summed E-state index contributed by atoms with van der Waals surface area (Å²) < 4.78 is 63.6. The van der Waals surface area contributed by atoms with Crippen LogP contribution in [0, 0.1) is 18.3 Å². The maximum atomic E-state index is 12.6. The number of anilines is 1. The Balaban J connectivity index is 3.19. The van der Waals surface area contributed by atoms with Crippen LogP contribution in [0.3, 0.4) is 0 Å². The first kappa shape index (κ1) is 16.3. The highest BCUT2D eigenvalue weighted by atomic mass is 32.2. The van der Waals surface area contributed by atoms with Gasteiger partial charge in [-0.25, -0.2) is 8.42 Å². The number of nitrogens with one attached hydrogen (secondary N) is 1. The number of alkyl halides is 3. The van der Waals surface area contributed by atoms with Gasteiger partial charge in [0, 0.05) is 0 Å². The molecule has 1 aromatic rings. The highest BCUT2D eigenvalue weighted by molar-refractivity contribution is 7.93. The van der Waals surface area contributed by atoms with E-state index in [1.807, 2.05) is 0 Å². The summed E-state index contributed by atoms with van der Waals surface area (Å²) in [5, 5.41) is 7.43. The monoisotopic (exact) mass is 306 g/mol. The van der Waals surface area contributed by atoms with Gasteiger partial charge in [0.25, 0.3) is 0 Å². The lowest BCUT2D eigenvalue weighted by atomic mass is 10.1. The van der Waals surface area contributed by atoms with Crippen LogP contribution in [0.4, 0.5) is 18.9 Å². The number of hydrogen-bond acceptors (Lipinski definition) is 3. The Labute approximate surface area is 115 Å². The lowest BCUT2D eigenvalue weighted by Gasteiger charge is -2.15. The van der Waals surface area contributed by atoms with E-state index < -0.39 is 27.0 Å². The van der Waals surface area contributed by atoms with Gasteiger partial charge in [-0.2, -0.15) is 18.4 Å². The molecule has 1 N–H and O–H groups in total. The molecule has 0 spiro atoms. The fraction of sp³-hybridized carbons (Fsp3) is 0.417. The number of sulfonamides is 1. The minimum absolute atomic E-state index is 0.0455. The first-order valence-corrected chi connectivity index (χ1v) is 7.25. The van der Waals surface area contributed by atoms with Crippen molar-refractivity contribution >= 4 is 15.7 Å². The van der Waals surface area contributed by atoms with Crippen LogP contribution in [0.2, 0.25) is 0 Å². The van der Waals surface area contributed by atoms with Crippen molar-refractivity contribution in [2.24, 2.45) is 0 Å². The lowest BCUT2D eigenvalue weighted by molar-refractivity contribution is -0.137. The third-order valence-electron chi connectivity index (χ3n) is 2.71. The largest absolute Gasteiger partial charge is 0.416 e. The van der Waals surface area contributed by atoms with Crippen LogP contribution in [0.1, 0.15) is 24.5 Å². The minimum Gasteiger partial charge on any atom is -0.282 e. The predicted octanol–water partition coefficient (Wildman–Crippen LogP) is 3.06. The summed E-state index contributed by atoms with van der Waals surface area (Å²) in [6.45, 7) is 2.98. The van der Waals surface area contributed by atoms with Gasteiger partial charge < -0.3 is 0 Å². The smallest absolute Gasteiger partial charge is 0.282 e. The molecule has 0 aromatic heterocycles. The third-order valence-corrected chi connectivity index (χ3v) is 4.40. The molecule has 0 aliphatic heterocycles. The van der Waals surface area contributed by atoms with Crippen molar-refractivity contribution in [3.63, 3.8) is 0 Å². The summed E-state index contributed by atoms with van der Waals surface area (Å²) in [6, 6.07) is 4.37. The van der Waals surface area contributed by atoms with Crippen molar-refractivity contribution in [3.8, 4) is 6.07 Å². The summed E-state index contributed by atoms with van der Waals surface area (Å²) in [6.07, 6.45) is -4.52. The predicted molar refractivity (Wildman–Crippen MR) is 68.4 cm³/mol. The molecule has 1 atom stereocenters. The number of rotatable bonds is 4. The number of halogens is 3. The summed E-state index contributed by atoms with van der Waals surface area (Å²) in [5.41, 5.74) is -0.784. The van der Waals surface area contributed by atoms with Gasteiger partial charge >= 0.3 is 6.18 Å². The van der Waals surface area contributed by atoms with Crippen LogP contribution in [-0.4, -0.2) is 13.7 Å². The molecule has 1 rings (SSSR count). The fourth-order valence-electron chi connectivity index (χ4n) is 1.51. The Morgan fingerprint density at radius 1 is 1.40 bits per heavy atom. The van der Waals surface area contributed by atoms with E-state index in [0.29, 0.717) is 5.56 Å². The molecule has 110 valence electrons. The minimum atomic E-state index is -4.56. The van der Waals surface area contributed by atoms with E-state index in [0.717, 1.165) is 12.1 Å². The number of nitrogens with zero attached hydrogens (tertiary/aromatic N) is 1. The highest BCUT2D eigenvalue weighted by Gasteiger charge is 2.31. The molecule has 1 aromatic carbocycles. The zero-order valence-corrected chi connectivity index (χ0v) is 11.6. The average Bonchev–Trinajstić information content (AvgIpc) is 2.31. The Kier molecular flexibility index (Phi) is 4.65. The van der Waals surface area contributed by atoms with Crippen molar-refractivity contribution in [1.82, 2.24) is 0 Å². The second-order valence-electron chi connectivity index (χ2n) is 4.20. The quantitative estimate of drug-likeness (QED) is 0.929. The molecule has 0 aliphatic carbocycles. The third kappa shape index (κ3) is 3.63. The molecule has 0 heterocycles. The Hall–Kier alpha value is -1.75. The summed E-state index contributed by atoms with van der Waals surface area (Å²) in [4.78, 5) is 0. The maximum Gasteiger partial charge on any atom is 0.416 e. The Morgan fingerprint density at radius 3 is 2.45 bits per heavy atom. The van der Waals surface area contributed by atoms with Crippen molar-refractivity contribution in [1.29, 1.82) is 5.26 Å². The molecule has 0 fully saturated rings. The topological polar surface area (TPSA) is 70.0 Å². The summed E-state index contributed by atoms with van der Waals surface area (Å²) >= 11 is 0. The van der Waals surface area contributed by atoms with Gasteiger partial charge in [0.1, 0.15) is 0 Å². The van der Waals surface area contributed by atoms with Gasteiger partial charge in [-0.3, -0.25) is 4.72 Å². The van der Waals surface area contributed by atoms with Crippen LogP contribution >= 0.6 is 0 Å². The number of nitriles is 1. The van der Waals surface area contributed by atoms with E-state index in [1.54, 1.807) is 6.07 Å². The van der Waals surface area contributed by atoms with Gasteiger partial charge in [-0.05, 0) is 31.0 Å². The van der Waals surface area contributed by atoms with Gasteiger partial charge in [-0.1, -0.05) is 13.0 Å². The Morgan fingerprint density at radius 2 is 2.00 bits per heavy atom. The van der Waals surface area contributed by atoms with Crippen LogP contribution in [0.15, 0.2) is 18.2 Å². The molecule has 1 unspecified atom stereocenters. The summed E-state index contributed by atoms with van der Waals surface area (Å²) in [5.74, 6) is 0. The zero-order chi connectivity index (χ0) is 15.6. The highest BCUT2D eigenvalue weighted by Crippen LogP contribution is 2.32. The SMILES string of the molecule is CCC(C#N)S(=O)(=O)Nc1cc(C(F)(F)F)ccc1C. The van der Waals surface area contributed by atoms with Gasteiger partial charge in [0.05, 0.1) is 17.3 Å². The van der Waals surface area contributed by atoms with Gasteiger partial charge in [-0.15, -0.1) is 0 Å². The first-order chi connectivity index (χ1) is 9.11. The second-order valence-corrected chi connectivity index (χ2v) is 6.06. The number of hydrogen-bond donors (Lipinski definition) is 1. The molecule has 0 aliphatic rings. The van der Waals surface area contributed by atoms with Crippen molar-refractivity contribution in [2.75, 3.05) is 4.72 Å². The average molecular weight is 306 g/mol. The van der Waals surface area contributed by atoms with Crippen LogP contribution < -0.4 is 4.72 Å². The van der Waals surface area contributed by atoms with Crippen molar-refractivity contribution in [3.05, 3.63) is 29.3 Å². The van der Waals surface area contributed by atoms with Crippen LogP contribution in [-0.2, 0) is 16.2 Å². The number of benzene rings is 1. The van der Waals surface area contributed by atoms with Crippen molar-refractivity contribution in [2.45, 2.75) is 31.7 Å². The Bertz CT molecular complexity index is 633. The first-order valence-electron chi connectivity index (χ1n) is 5.71. The molecular formula is C12H13F3N2O2S. The molecule has 8 heteroatoms. The van der Waals surface area contributed by atoms with Gasteiger partial charge in [0.15, 0.2) is 5.25 Å². The van der Waals surface area contributed by atoms with E-state index >= 15 is 0 Å². The molecular weight excluding hydrogens is 293 g/mol. The molecule has 0 radical (unpaired) electrons. The molecule has 0 amide bonds. The molecule has 4 nitrogen and oxygen atoms in total. The number of aryl methyl sites for hydroxylation is 1. The van der Waals surface area contributed by atoms with Crippen LogP contribution in [0.5, 0.6) is 0 Å². The molecule has 0 saturated heterocycles. The van der Waals surface area contributed by atoms with E-state index in [9.17, 15) is 21.6 Å². The van der Waals surface area contributed by atoms with E-state index in [4.69, 9.17) is 5.26 Å². The van der Waals surface area contributed by atoms with E-state index in [-0.39, 0.29) is 12.1 Å². The molecule has 20 heavy (non-hydrogen) atoms. The zero-order valence-electron chi connectivity index (χ0n) is 10.8. The van der Waals surface area contributed by atoms with E-state index in [2.05, 4.69) is 4.72 Å². The normalized spacial score (nSPS) is 13.6. The standard InChI is InChI=1S/C12H13F3N2O2S/c1-3-10(7-16)20(18,19)17-11-6-9(12(13,14)15)5-4-8(11)2/h4-6,10,17H,3H2,1-2H3. The van der Waals surface area contributed by atoms with E-state index in [1.165, 1.54) is 19.9 Å². The maximum absolute atomic E-state index is 12.6. The van der Waals surface area contributed by atoms with Crippen molar-refractivity contribution < 1.29 is 21.6 Å². The molecule has 0 saturated carbocycles. The second kappa shape index (κ2) is 5.71. The summed E-state index contributed by atoms with van der Waals surface area (Å²) in [7, 11) is -4.04. The fourth-order valence-corrected chi connectivity index (χ4v) is 2.76. The lowest BCUT2D eigenvalue weighted by Crippen LogP contribution is -2.26. The van der Waals surface area contributed by atoms with Crippen LogP contribution in [0.25, 0.3) is 0 Å². The molecule has 0 bridgehead atoms. The van der Waals surface area contributed by atoms with Gasteiger partial charge in [0.2, 0.25) is 10.0 Å².